The molecule has 0 aliphatic carbocycles. The Kier molecular flexibility index (Phi) is 2040. The molecule has 6 heavy (non-hydrogen) atoms. The van der Waals surface area contributed by atoms with Crippen LogP contribution < -0.4 is 0 Å². The van der Waals surface area contributed by atoms with Crippen LogP contribution in [0.1, 0.15) is 0 Å². The predicted octanol–water partition coefficient (Wildman–Crippen LogP) is -3.68. The summed E-state index contributed by atoms with van der Waals surface area (Å²) in [6.45, 7) is 0. The maximum Gasteiger partial charge on any atom is 0 e. The first-order valence-corrected chi connectivity index (χ1v) is 0. The van der Waals surface area contributed by atoms with Crippen molar-refractivity contribution in [3.8, 4) is 0 Å². The minimum absolute atomic E-state index is 0. The molecule has 0 aliphatic rings. The third-order valence-corrected chi connectivity index (χ3v) is 0. The Bertz CT molecular complexity index is 7.51. The second kappa shape index (κ2) is 87.2. The van der Waals surface area contributed by atoms with E-state index in [-0.39, 0.29) is 71.9 Å². The molecular formula is H8NaO4Re. The predicted molar refractivity (Wildman–Crippen MR) is 20.2 cm³/mol. The minimum atomic E-state index is 0. The first kappa shape index (κ1) is 141. The summed E-state index contributed by atoms with van der Waals surface area (Å²) in [6.07, 6.45) is 0. The van der Waals surface area contributed by atoms with Crippen LogP contribution in [-0.2, 0) is 20.4 Å². The third kappa shape index (κ3) is 49.4. The van der Waals surface area contributed by atoms with E-state index in [0.29, 0.717) is 0 Å². The number of hydrogen-bond acceptors (Lipinski definition) is 0. The van der Waals surface area contributed by atoms with E-state index in [0.717, 1.165) is 0 Å². The SMILES string of the molecule is O.O.O.O.[Na].[Re]. The molecule has 0 amide bonds. The smallest absolute Gasteiger partial charge is 0 e. The standard InChI is InChI=1S/Na.4H2O.Re/h;4*1H2;. The molecule has 0 atom stereocenters. The normalized spacial score (nSPS) is 0. The molecule has 0 unspecified atom stereocenters. The summed E-state index contributed by atoms with van der Waals surface area (Å²) in [5, 5.41) is 0. The molecule has 8 N–H and O–H groups in total. The average molecular weight is 281 g/mol. The van der Waals surface area contributed by atoms with Crippen molar-refractivity contribution in [2.45, 2.75) is 0 Å². The summed E-state index contributed by atoms with van der Waals surface area (Å²) in [6, 6.07) is 0. The number of hydrogen-bond donors (Lipinski definition) is 0. The molecule has 2 radical (unpaired) electrons. The third-order valence-electron chi connectivity index (χ3n) is 0. The summed E-state index contributed by atoms with van der Waals surface area (Å²) in [7, 11) is 0. The van der Waals surface area contributed by atoms with E-state index in [2.05, 4.69) is 0 Å². The van der Waals surface area contributed by atoms with Gasteiger partial charge in [0.25, 0.3) is 0 Å². The zero-order valence-electron chi connectivity index (χ0n) is 3.38. The molecule has 0 saturated carbocycles. The zero-order chi connectivity index (χ0) is 0. The Morgan fingerprint density at radius 3 is 0.500 bits per heavy atom. The second-order valence-electron chi connectivity index (χ2n) is 0. The van der Waals surface area contributed by atoms with Crippen LogP contribution in [0.4, 0.5) is 0 Å². The maximum atomic E-state index is 0. The molecule has 0 aromatic carbocycles. The van der Waals surface area contributed by atoms with Gasteiger partial charge in [0.15, 0.2) is 0 Å². The van der Waals surface area contributed by atoms with Gasteiger partial charge in [-0.15, -0.1) is 0 Å². The van der Waals surface area contributed by atoms with Gasteiger partial charge in [-0.25, -0.2) is 0 Å². The summed E-state index contributed by atoms with van der Waals surface area (Å²) in [4.78, 5) is 0. The molecule has 0 bridgehead atoms. The van der Waals surface area contributed by atoms with Crippen LogP contribution in [0.5, 0.6) is 0 Å². The fourth-order valence-electron chi connectivity index (χ4n) is 0. The fourth-order valence-corrected chi connectivity index (χ4v) is 0. The van der Waals surface area contributed by atoms with Gasteiger partial charge in [0.1, 0.15) is 0 Å². The van der Waals surface area contributed by atoms with E-state index in [4.69, 9.17) is 0 Å². The van der Waals surface area contributed by atoms with Crippen LogP contribution >= 0.6 is 0 Å². The van der Waals surface area contributed by atoms with Gasteiger partial charge in [0.05, 0.1) is 0 Å². The van der Waals surface area contributed by atoms with Gasteiger partial charge >= 0.3 is 0 Å². The van der Waals surface area contributed by atoms with Crippen molar-refractivity contribution in [2.24, 2.45) is 0 Å². The molecule has 0 saturated heterocycles. The molecule has 0 aliphatic heterocycles. The van der Waals surface area contributed by atoms with Gasteiger partial charge in [-0.2, -0.15) is 0 Å². The van der Waals surface area contributed by atoms with Gasteiger partial charge in [-0.1, -0.05) is 0 Å². The van der Waals surface area contributed by atoms with Gasteiger partial charge in [-0.05, 0) is 0 Å². The van der Waals surface area contributed by atoms with Gasteiger partial charge in [0.2, 0.25) is 0 Å². The van der Waals surface area contributed by atoms with Crippen LogP contribution in [0, 0.1) is 0 Å². The van der Waals surface area contributed by atoms with Crippen molar-refractivity contribution < 1.29 is 42.3 Å². The summed E-state index contributed by atoms with van der Waals surface area (Å²) < 4.78 is 0. The molecule has 0 aromatic rings. The largest absolute Gasteiger partial charge is 0.412 e. The van der Waals surface area contributed by atoms with Crippen LogP contribution in [0.25, 0.3) is 0 Å². The molecule has 0 heterocycles. The Labute approximate surface area is 71.5 Å². The van der Waals surface area contributed by atoms with Gasteiger partial charge < -0.3 is 21.9 Å². The Morgan fingerprint density at radius 1 is 0.500 bits per heavy atom. The van der Waals surface area contributed by atoms with E-state index in [1.54, 1.807) is 0 Å². The summed E-state index contributed by atoms with van der Waals surface area (Å²) >= 11 is 0. The van der Waals surface area contributed by atoms with Crippen LogP contribution in [0.2, 0.25) is 0 Å². The first-order valence-electron chi connectivity index (χ1n) is 0. The number of rotatable bonds is 0. The molecule has 0 rings (SSSR count). The van der Waals surface area contributed by atoms with E-state index >= 15 is 0 Å². The first-order chi connectivity index (χ1) is 0. The Hall–Kier alpha value is 1.50. The average Bonchev–Trinajstić information content (AvgIpc) is 0. The molecule has 6 heteroatoms. The van der Waals surface area contributed by atoms with Crippen molar-refractivity contribution in [2.75, 3.05) is 0 Å². The van der Waals surface area contributed by atoms with E-state index in [1.807, 2.05) is 0 Å². The van der Waals surface area contributed by atoms with Crippen LogP contribution in [0.3, 0.4) is 0 Å². The topological polar surface area (TPSA) is 126 Å². The summed E-state index contributed by atoms with van der Waals surface area (Å²) in [5.41, 5.74) is 0. The van der Waals surface area contributed by atoms with Crippen LogP contribution in [-0.4, -0.2) is 51.5 Å². The molecule has 4 nitrogen and oxygen atoms in total. The fraction of sp³-hybridized carbons (Fsp3) is 0. The Balaban J connectivity index is 0. The molecule has 0 aromatic heterocycles. The quantitative estimate of drug-likeness (QED) is 0.405. The van der Waals surface area contributed by atoms with Crippen LogP contribution in [0.15, 0.2) is 0 Å². The van der Waals surface area contributed by atoms with Crippen molar-refractivity contribution in [1.82, 2.24) is 0 Å². The van der Waals surface area contributed by atoms with Gasteiger partial charge in [-0.3, -0.25) is 0 Å². The summed E-state index contributed by atoms with van der Waals surface area (Å²) in [5.74, 6) is 0. The Morgan fingerprint density at radius 2 is 0.500 bits per heavy atom. The molecule has 0 spiro atoms. The van der Waals surface area contributed by atoms with E-state index in [9.17, 15) is 0 Å². The zero-order valence-corrected chi connectivity index (χ0v) is 8.09. The van der Waals surface area contributed by atoms with Gasteiger partial charge in [0, 0.05) is 50.0 Å². The second-order valence-corrected chi connectivity index (χ2v) is 0. The van der Waals surface area contributed by atoms with E-state index < -0.39 is 0 Å². The molecule has 40 valence electrons. The van der Waals surface area contributed by atoms with Crippen molar-refractivity contribution in [3.63, 3.8) is 0 Å². The maximum absolute atomic E-state index is 0. The minimum Gasteiger partial charge on any atom is -0.412 e. The van der Waals surface area contributed by atoms with Crippen molar-refractivity contribution >= 4 is 29.6 Å². The van der Waals surface area contributed by atoms with Crippen molar-refractivity contribution in [1.29, 1.82) is 0 Å². The molecular weight excluding hydrogens is 273 g/mol. The van der Waals surface area contributed by atoms with E-state index in [1.165, 1.54) is 0 Å². The monoisotopic (exact) mass is 282 g/mol. The van der Waals surface area contributed by atoms with Crippen molar-refractivity contribution in [3.05, 3.63) is 0 Å². The molecule has 0 fully saturated rings.